The van der Waals surface area contributed by atoms with Gasteiger partial charge in [0.05, 0.1) is 6.04 Å². The molecule has 0 aliphatic carbocycles. The highest BCUT2D eigenvalue weighted by Gasteiger charge is 2.21. The van der Waals surface area contributed by atoms with E-state index in [1.54, 1.807) is 24.3 Å². The molecule has 2 atom stereocenters. The Labute approximate surface area is 108 Å². The predicted octanol–water partition coefficient (Wildman–Crippen LogP) is 3.18. The first-order valence-corrected chi connectivity index (χ1v) is 5.97. The van der Waals surface area contributed by atoms with Crippen molar-refractivity contribution in [1.82, 2.24) is 5.32 Å². The fraction of sp³-hybridized carbons (Fsp3) is 0.429. The van der Waals surface area contributed by atoms with Crippen LogP contribution in [0.3, 0.4) is 0 Å². The highest BCUT2D eigenvalue weighted by molar-refractivity contribution is 5.28. The van der Waals surface area contributed by atoms with Gasteiger partial charge in [0.2, 0.25) is 0 Å². The molecule has 1 aromatic carbocycles. The molecule has 0 spiro atoms. The molecule has 2 unspecified atom stereocenters. The molecule has 0 bridgehead atoms. The number of benzene rings is 1. The standard InChI is InChI=1S/C12H16FNO2.C2H6/c1-3-14-11(8-13)12(16-2)9-4-6-10(15)7-5-9;1-2/h3-7,11-12,14-15H,1,8H2,2H3;1-2H3. The third-order valence-corrected chi connectivity index (χ3v) is 2.34. The lowest BCUT2D eigenvalue weighted by atomic mass is 10.0. The van der Waals surface area contributed by atoms with Crippen molar-refractivity contribution < 1.29 is 14.2 Å². The van der Waals surface area contributed by atoms with Gasteiger partial charge in [0.1, 0.15) is 18.5 Å². The van der Waals surface area contributed by atoms with Crippen LogP contribution in [-0.4, -0.2) is 24.9 Å². The number of phenols is 1. The number of halogens is 1. The van der Waals surface area contributed by atoms with Crippen LogP contribution in [0.1, 0.15) is 25.5 Å². The minimum Gasteiger partial charge on any atom is -0.508 e. The van der Waals surface area contributed by atoms with Crippen molar-refractivity contribution in [2.24, 2.45) is 0 Å². The van der Waals surface area contributed by atoms with E-state index in [-0.39, 0.29) is 5.75 Å². The second-order valence-electron chi connectivity index (χ2n) is 3.38. The summed E-state index contributed by atoms with van der Waals surface area (Å²) in [4.78, 5) is 0. The Kier molecular flexibility index (Phi) is 8.66. The first-order chi connectivity index (χ1) is 8.72. The molecular formula is C14H22FNO2. The van der Waals surface area contributed by atoms with Gasteiger partial charge < -0.3 is 15.2 Å². The van der Waals surface area contributed by atoms with Crippen LogP contribution >= 0.6 is 0 Å². The molecular weight excluding hydrogens is 233 g/mol. The molecule has 0 amide bonds. The van der Waals surface area contributed by atoms with Crippen molar-refractivity contribution in [3.8, 4) is 5.75 Å². The van der Waals surface area contributed by atoms with Gasteiger partial charge in [-0.2, -0.15) is 0 Å². The molecule has 4 heteroatoms. The molecule has 3 nitrogen and oxygen atoms in total. The lowest BCUT2D eigenvalue weighted by Crippen LogP contribution is -2.34. The van der Waals surface area contributed by atoms with Gasteiger partial charge in [-0.3, -0.25) is 0 Å². The summed E-state index contributed by atoms with van der Waals surface area (Å²) in [6.45, 7) is 6.94. The number of methoxy groups -OCH3 is 1. The fourth-order valence-electron chi connectivity index (χ4n) is 1.56. The maximum atomic E-state index is 12.8. The van der Waals surface area contributed by atoms with Crippen molar-refractivity contribution in [1.29, 1.82) is 0 Å². The summed E-state index contributed by atoms with van der Waals surface area (Å²) in [5.74, 6) is 0.173. The summed E-state index contributed by atoms with van der Waals surface area (Å²) in [5.41, 5.74) is 0.803. The molecule has 0 heterocycles. The largest absolute Gasteiger partial charge is 0.508 e. The Balaban J connectivity index is 0.00000137. The summed E-state index contributed by atoms with van der Waals surface area (Å²) >= 11 is 0. The van der Waals surface area contributed by atoms with Crippen molar-refractivity contribution in [2.45, 2.75) is 26.0 Å². The van der Waals surface area contributed by atoms with Crippen LogP contribution < -0.4 is 5.32 Å². The van der Waals surface area contributed by atoms with Gasteiger partial charge in [-0.15, -0.1) is 0 Å². The van der Waals surface area contributed by atoms with Gasteiger partial charge in [-0.1, -0.05) is 32.6 Å². The molecule has 0 fully saturated rings. The van der Waals surface area contributed by atoms with E-state index in [9.17, 15) is 4.39 Å². The van der Waals surface area contributed by atoms with Gasteiger partial charge in [-0.05, 0) is 23.9 Å². The van der Waals surface area contributed by atoms with E-state index in [1.807, 2.05) is 13.8 Å². The average molecular weight is 255 g/mol. The Morgan fingerprint density at radius 3 is 2.33 bits per heavy atom. The van der Waals surface area contributed by atoms with Gasteiger partial charge in [0, 0.05) is 7.11 Å². The SMILES string of the molecule is C=CNC(CF)C(OC)c1ccc(O)cc1.CC. The lowest BCUT2D eigenvalue weighted by molar-refractivity contribution is 0.0635. The highest BCUT2D eigenvalue weighted by Crippen LogP contribution is 2.23. The minimum atomic E-state index is -0.564. The van der Waals surface area contributed by atoms with Crippen molar-refractivity contribution >= 4 is 0 Å². The molecule has 102 valence electrons. The zero-order valence-corrected chi connectivity index (χ0v) is 11.2. The maximum Gasteiger partial charge on any atom is 0.115 e. The quantitative estimate of drug-likeness (QED) is 0.820. The van der Waals surface area contributed by atoms with Crippen LogP contribution in [0.15, 0.2) is 37.0 Å². The Bertz CT molecular complexity index is 327. The van der Waals surface area contributed by atoms with Crippen LogP contribution in [0.4, 0.5) is 4.39 Å². The van der Waals surface area contributed by atoms with E-state index in [0.29, 0.717) is 0 Å². The van der Waals surface area contributed by atoms with E-state index < -0.39 is 18.8 Å². The molecule has 0 aliphatic rings. The number of ether oxygens (including phenoxy) is 1. The second-order valence-corrected chi connectivity index (χ2v) is 3.38. The molecule has 0 saturated carbocycles. The van der Waals surface area contributed by atoms with Crippen molar-refractivity contribution in [3.05, 3.63) is 42.6 Å². The molecule has 1 rings (SSSR count). The first kappa shape index (κ1) is 16.4. The summed E-state index contributed by atoms with van der Waals surface area (Å²) in [5, 5.41) is 12.0. The zero-order valence-electron chi connectivity index (χ0n) is 11.2. The Morgan fingerprint density at radius 1 is 1.39 bits per heavy atom. The average Bonchev–Trinajstić information content (AvgIpc) is 2.42. The van der Waals surface area contributed by atoms with Gasteiger partial charge in [0.25, 0.3) is 0 Å². The second kappa shape index (κ2) is 9.48. The summed E-state index contributed by atoms with van der Waals surface area (Å²) in [7, 11) is 1.52. The number of nitrogens with one attached hydrogen (secondary N) is 1. The van der Waals surface area contributed by atoms with E-state index >= 15 is 0 Å². The van der Waals surface area contributed by atoms with Gasteiger partial charge in [0.15, 0.2) is 0 Å². The van der Waals surface area contributed by atoms with E-state index in [1.165, 1.54) is 13.3 Å². The summed E-state index contributed by atoms with van der Waals surface area (Å²) < 4.78 is 18.1. The maximum absolute atomic E-state index is 12.8. The normalized spacial score (nSPS) is 12.9. The third-order valence-electron chi connectivity index (χ3n) is 2.34. The van der Waals surface area contributed by atoms with Crippen LogP contribution in [0.5, 0.6) is 5.75 Å². The molecule has 0 aromatic heterocycles. The lowest BCUT2D eigenvalue weighted by Gasteiger charge is -2.24. The molecule has 0 radical (unpaired) electrons. The molecule has 1 aromatic rings. The summed E-state index contributed by atoms with van der Waals surface area (Å²) in [6.07, 6.45) is 1.03. The monoisotopic (exact) mass is 255 g/mol. The number of alkyl halides is 1. The Morgan fingerprint density at radius 2 is 1.94 bits per heavy atom. The van der Waals surface area contributed by atoms with Crippen LogP contribution in [0.2, 0.25) is 0 Å². The number of hydrogen-bond acceptors (Lipinski definition) is 3. The number of hydrogen-bond donors (Lipinski definition) is 2. The van der Waals surface area contributed by atoms with E-state index in [2.05, 4.69) is 11.9 Å². The fourth-order valence-corrected chi connectivity index (χ4v) is 1.56. The number of rotatable bonds is 6. The number of aromatic hydroxyl groups is 1. The third kappa shape index (κ3) is 4.75. The molecule has 2 N–H and O–H groups in total. The predicted molar refractivity (Wildman–Crippen MR) is 72.3 cm³/mol. The molecule has 0 saturated heterocycles. The van der Waals surface area contributed by atoms with Crippen molar-refractivity contribution in [3.63, 3.8) is 0 Å². The molecule has 18 heavy (non-hydrogen) atoms. The van der Waals surface area contributed by atoms with Crippen molar-refractivity contribution in [2.75, 3.05) is 13.8 Å². The first-order valence-electron chi connectivity index (χ1n) is 5.97. The van der Waals surface area contributed by atoms with Crippen LogP contribution in [0.25, 0.3) is 0 Å². The van der Waals surface area contributed by atoms with Gasteiger partial charge >= 0.3 is 0 Å². The van der Waals surface area contributed by atoms with Gasteiger partial charge in [-0.25, -0.2) is 4.39 Å². The van der Waals surface area contributed by atoms with E-state index in [0.717, 1.165) is 5.56 Å². The summed E-state index contributed by atoms with van der Waals surface area (Å²) in [6, 6.07) is 6.02. The zero-order chi connectivity index (χ0) is 14.0. The van der Waals surface area contributed by atoms with Crippen LogP contribution in [-0.2, 0) is 4.74 Å². The van der Waals surface area contributed by atoms with Crippen LogP contribution in [0, 0.1) is 0 Å². The smallest absolute Gasteiger partial charge is 0.115 e. The molecule has 0 aliphatic heterocycles. The topological polar surface area (TPSA) is 41.5 Å². The highest BCUT2D eigenvalue weighted by atomic mass is 19.1. The Hall–Kier alpha value is -1.55. The minimum absolute atomic E-state index is 0.173. The van der Waals surface area contributed by atoms with E-state index in [4.69, 9.17) is 9.84 Å². The number of phenolic OH excluding ortho intramolecular Hbond substituents is 1.